The molecule has 0 aliphatic rings. The van der Waals surface area contributed by atoms with Crippen LogP contribution in [0.5, 0.6) is 0 Å². The summed E-state index contributed by atoms with van der Waals surface area (Å²) in [6.45, 7) is -0.627. The second kappa shape index (κ2) is 15.1. The van der Waals surface area contributed by atoms with Crippen LogP contribution >= 0.6 is 0 Å². The minimum absolute atomic E-state index is 0.0556. The summed E-state index contributed by atoms with van der Waals surface area (Å²) in [5.41, 5.74) is 4.77. The molecule has 7 nitrogen and oxygen atoms in total. The van der Waals surface area contributed by atoms with Gasteiger partial charge in [-0.3, -0.25) is 9.59 Å². The number of ether oxygens (including phenoxy) is 1. The largest absolute Gasteiger partial charge is 0.445 e. The van der Waals surface area contributed by atoms with Gasteiger partial charge in [-0.2, -0.15) is 0 Å². The molecule has 4 aromatic carbocycles. The minimum atomic E-state index is -0.983. The summed E-state index contributed by atoms with van der Waals surface area (Å²) in [5.74, 6) is -0.907. The number of carbonyl (C=O) groups excluding carboxylic acids is 3. The number of hydrogen-bond acceptors (Lipinski definition) is 5. The molecule has 0 heterocycles. The molecule has 0 radical (unpaired) electrons. The Morgan fingerprint density at radius 1 is 0.707 bits per heavy atom. The lowest BCUT2D eigenvalue weighted by atomic mass is 10.00. The Morgan fingerprint density at radius 2 is 1.27 bits per heavy atom. The van der Waals surface area contributed by atoms with E-state index in [0.717, 1.165) is 27.8 Å². The van der Waals surface area contributed by atoms with E-state index in [1.807, 2.05) is 115 Å². The zero-order chi connectivity index (χ0) is 28.9. The Balaban J connectivity index is 1.52. The Bertz CT molecular complexity index is 1390. The van der Waals surface area contributed by atoms with Crippen molar-refractivity contribution in [3.63, 3.8) is 0 Å². The van der Waals surface area contributed by atoms with Gasteiger partial charge in [0.25, 0.3) is 0 Å². The van der Waals surface area contributed by atoms with Crippen LogP contribution in [0.3, 0.4) is 0 Å². The number of rotatable bonds is 13. The smallest absolute Gasteiger partial charge is 0.408 e. The highest BCUT2D eigenvalue weighted by Gasteiger charge is 2.28. The lowest BCUT2D eigenvalue weighted by Gasteiger charge is -2.27. The molecule has 0 saturated heterocycles. The summed E-state index contributed by atoms with van der Waals surface area (Å²) < 4.78 is 5.41. The first-order valence-corrected chi connectivity index (χ1v) is 13.6. The van der Waals surface area contributed by atoms with Crippen molar-refractivity contribution in [2.24, 2.45) is 0 Å². The maximum Gasteiger partial charge on any atom is 0.408 e. The van der Waals surface area contributed by atoms with E-state index in [-0.39, 0.29) is 26.1 Å². The number of alkyl carbamates (subject to hydrolysis) is 1. The molecule has 7 heteroatoms. The molecule has 4 aromatic rings. The van der Waals surface area contributed by atoms with Crippen molar-refractivity contribution in [1.29, 1.82) is 0 Å². The van der Waals surface area contributed by atoms with Gasteiger partial charge in [0.05, 0.1) is 6.54 Å². The zero-order valence-electron chi connectivity index (χ0n) is 22.8. The predicted molar refractivity (Wildman–Crippen MR) is 158 cm³/mol. The van der Waals surface area contributed by atoms with Gasteiger partial charge in [-0.15, -0.1) is 0 Å². The molecule has 210 valence electrons. The number of amides is 2. The van der Waals surface area contributed by atoms with Crippen molar-refractivity contribution >= 4 is 17.8 Å². The summed E-state index contributed by atoms with van der Waals surface area (Å²) in [7, 11) is 0. The molecular formula is C34H34N2O5. The number of nitrogens with zero attached hydrogens (tertiary/aromatic N) is 1. The Hall–Kier alpha value is -4.75. The van der Waals surface area contributed by atoms with E-state index >= 15 is 0 Å². The fourth-order valence-corrected chi connectivity index (χ4v) is 4.47. The fourth-order valence-electron chi connectivity index (χ4n) is 4.47. The van der Waals surface area contributed by atoms with Crippen molar-refractivity contribution in [1.82, 2.24) is 10.2 Å². The van der Waals surface area contributed by atoms with Crippen molar-refractivity contribution in [2.75, 3.05) is 19.7 Å². The lowest BCUT2D eigenvalue weighted by Crippen LogP contribution is -2.51. The van der Waals surface area contributed by atoms with Gasteiger partial charge in [-0.1, -0.05) is 115 Å². The summed E-state index contributed by atoms with van der Waals surface area (Å²) >= 11 is 0. The van der Waals surface area contributed by atoms with Gasteiger partial charge < -0.3 is 20.1 Å². The number of carbonyl (C=O) groups is 3. The summed E-state index contributed by atoms with van der Waals surface area (Å²) in [4.78, 5) is 40.3. The van der Waals surface area contributed by atoms with E-state index in [4.69, 9.17) is 4.74 Å². The van der Waals surface area contributed by atoms with Gasteiger partial charge in [0.15, 0.2) is 5.78 Å². The van der Waals surface area contributed by atoms with Gasteiger partial charge in [0.2, 0.25) is 5.91 Å². The summed E-state index contributed by atoms with van der Waals surface area (Å²) in [6, 6.07) is 35.6. The molecule has 0 spiro atoms. The maximum absolute atomic E-state index is 13.8. The highest BCUT2D eigenvalue weighted by Crippen LogP contribution is 2.20. The topological polar surface area (TPSA) is 95.9 Å². The molecule has 4 rings (SSSR count). The summed E-state index contributed by atoms with van der Waals surface area (Å²) in [6.07, 6.45) is -0.0178. The van der Waals surface area contributed by atoms with E-state index in [1.54, 1.807) is 0 Å². The maximum atomic E-state index is 13.8. The van der Waals surface area contributed by atoms with E-state index in [9.17, 15) is 19.5 Å². The van der Waals surface area contributed by atoms with Gasteiger partial charge in [0.1, 0.15) is 19.3 Å². The third-order valence-electron chi connectivity index (χ3n) is 6.67. The second-order valence-electron chi connectivity index (χ2n) is 9.72. The molecule has 0 aromatic heterocycles. The number of hydrogen-bond donors (Lipinski definition) is 2. The monoisotopic (exact) mass is 550 g/mol. The molecule has 41 heavy (non-hydrogen) atoms. The van der Waals surface area contributed by atoms with Crippen molar-refractivity contribution < 1.29 is 24.2 Å². The molecular weight excluding hydrogens is 516 g/mol. The molecule has 1 atom stereocenters. The number of aliphatic hydroxyl groups is 1. The molecule has 1 unspecified atom stereocenters. The third kappa shape index (κ3) is 9.15. The van der Waals surface area contributed by atoms with Crippen LogP contribution in [-0.4, -0.2) is 53.5 Å². The normalized spacial score (nSPS) is 11.3. The first-order chi connectivity index (χ1) is 20.0. The highest BCUT2D eigenvalue weighted by atomic mass is 16.5. The molecule has 0 aliphatic carbocycles. The van der Waals surface area contributed by atoms with Crippen LogP contribution in [0.4, 0.5) is 4.79 Å². The predicted octanol–water partition coefficient (Wildman–Crippen LogP) is 4.82. The van der Waals surface area contributed by atoms with E-state index in [1.165, 1.54) is 4.90 Å². The van der Waals surface area contributed by atoms with Gasteiger partial charge >= 0.3 is 6.09 Å². The third-order valence-corrected chi connectivity index (χ3v) is 6.67. The van der Waals surface area contributed by atoms with E-state index in [0.29, 0.717) is 6.42 Å². The van der Waals surface area contributed by atoms with Gasteiger partial charge in [-0.05, 0) is 34.2 Å². The van der Waals surface area contributed by atoms with Crippen molar-refractivity contribution in [3.8, 4) is 11.1 Å². The van der Waals surface area contributed by atoms with Crippen LogP contribution in [0.1, 0.15) is 16.7 Å². The number of aliphatic hydroxyl groups excluding tert-OH is 1. The quantitative estimate of drug-likeness (QED) is 0.249. The first-order valence-electron chi connectivity index (χ1n) is 13.6. The van der Waals surface area contributed by atoms with Crippen LogP contribution in [0.15, 0.2) is 115 Å². The van der Waals surface area contributed by atoms with Crippen LogP contribution in [0.2, 0.25) is 0 Å². The lowest BCUT2D eigenvalue weighted by molar-refractivity contribution is -0.137. The van der Waals surface area contributed by atoms with Crippen LogP contribution in [-0.2, 0) is 33.8 Å². The fraction of sp³-hybridized carbons (Fsp3) is 0.206. The first kappa shape index (κ1) is 29.2. The van der Waals surface area contributed by atoms with Crippen LogP contribution in [0, 0.1) is 0 Å². The summed E-state index contributed by atoms with van der Waals surface area (Å²) in [5, 5.41) is 12.1. The molecule has 0 bridgehead atoms. The molecule has 0 aliphatic heterocycles. The van der Waals surface area contributed by atoms with Crippen LogP contribution in [0.25, 0.3) is 11.1 Å². The minimum Gasteiger partial charge on any atom is -0.445 e. The standard InChI is InChI=1S/C34H34N2O5/c37-24-31(38)23-36(21-20-26-10-4-1-5-11-26)33(39)32(35-34(40)41-25-28-12-6-2-7-13-28)22-27-16-18-30(19-17-27)29-14-8-3-9-15-29/h1-19,32,37H,20-25H2,(H,35,40). The van der Waals surface area contributed by atoms with Crippen molar-refractivity contribution in [3.05, 3.63) is 132 Å². The number of nitrogens with one attached hydrogen (secondary N) is 1. The number of benzene rings is 4. The average Bonchev–Trinajstić information content (AvgIpc) is 3.03. The second-order valence-corrected chi connectivity index (χ2v) is 9.72. The SMILES string of the molecule is O=C(CO)CN(CCc1ccccc1)C(=O)C(Cc1ccc(-c2ccccc2)cc1)NC(=O)OCc1ccccc1. The van der Waals surface area contributed by atoms with Crippen LogP contribution < -0.4 is 5.32 Å². The molecule has 0 fully saturated rings. The molecule has 2 amide bonds. The number of Topliss-reactive ketones (excluding diaryl/α,β-unsaturated/α-hetero) is 1. The molecule has 2 N–H and O–H groups in total. The van der Waals surface area contributed by atoms with Gasteiger partial charge in [0, 0.05) is 13.0 Å². The average molecular weight is 551 g/mol. The number of ketones is 1. The molecule has 0 saturated carbocycles. The van der Waals surface area contributed by atoms with E-state index < -0.39 is 30.4 Å². The Labute approximate surface area is 240 Å². The Morgan fingerprint density at radius 3 is 1.88 bits per heavy atom. The Kier molecular flexibility index (Phi) is 10.8. The van der Waals surface area contributed by atoms with E-state index in [2.05, 4.69) is 5.32 Å². The highest BCUT2D eigenvalue weighted by molar-refractivity contribution is 5.90. The zero-order valence-corrected chi connectivity index (χ0v) is 22.8. The van der Waals surface area contributed by atoms with Crippen molar-refractivity contribution in [2.45, 2.75) is 25.5 Å². The van der Waals surface area contributed by atoms with Gasteiger partial charge in [-0.25, -0.2) is 4.79 Å².